The smallest absolute Gasteiger partial charge is 0.185 e. The summed E-state index contributed by atoms with van der Waals surface area (Å²) in [6.45, 7) is 0. The molecule has 0 fully saturated rings. The van der Waals surface area contributed by atoms with Gasteiger partial charge in [0.2, 0.25) is 0 Å². The van der Waals surface area contributed by atoms with Gasteiger partial charge in [-0.25, -0.2) is 4.39 Å². The second kappa shape index (κ2) is 5.19. The van der Waals surface area contributed by atoms with Crippen LogP contribution in [0.15, 0.2) is 47.1 Å². The lowest BCUT2D eigenvalue weighted by molar-refractivity contribution is 0.0987. The van der Waals surface area contributed by atoms with Crippen LogP contribution in [0.3, 0.4) is 0 Å². The first kappa shape index (κ1) is 11.9. The zero-order chi connectivity index (χ0) is 12.3. The van der Waals surface area contributed by atoms with Crippen molar-refractivity contribution in [2.75, 3.05) is 0 Å². The predicted molar refractivity (Wildman–Crippen MR) is 66.4 cm³/mol. The molecule has 0 unspecified atom stereocenters. The molecule has 0 radical (unpaired) electrons. The summed E-state index contributed by atoms with van der Waals surface area (Å²) in [4.78, 5) is 15.8. The summed E-state index contributed by atoms with van der Waals surface area (Å²) in [5.41, 5.74) is 0.735. The second-order valence-electron chi connectivity index (χ2n) is 3.55. The Labute approximate surface area is 107 Å². The summed E-state index contributed by atoms with van der Waals surface area (Å²) < 4.78 is 14.2. The van der Waals surface area contributed by atoms with Crippen LogP contribution in [0.4, 0.5) is 4.39 Å². The number of carbonyl (C=O) groups excluding carboxylic acids is 1. The third kappa shape index (κ3) is 2.97. The maximum atomic E-state index is 13.3. The van der Waals surface area contributed by atoms with Crippen LogP contribution in [0.25, 0.3) is 0 Å². The highest BCUT2D eigenvalue weighted by molar-refractivity contribution is 9.10. The summed E-state index contributed by atoms with van der Waals surface area (Å²) in [5.74, 6) is -0.555. The minimum absolute atomic E-state index is 0.0291. The molecule has 0 saturated heterocycles. The maximum absolute atomic E-state index is 13.3. The minimum Gasteiger partial charge on any atom is -0.292 e. The molecule has 0 aliphatic carbocycles. The number of ketones is 1. The van der Waals surface area contributed by atoms with Crippen molar-refractivity contribution in [2.24, 2.45) is 0 Å². The van der Waals surface area contributed by atoms with Crippen molar-refractivity contribution in [3.8, 4) is 0 Å². The summed E-state index contributed by atoms with van der Waals surface area (Å²) in [6, 6.07) is 9.61. The molecular weight excluding hydrogens is 285 g/mol. The molecule has 0 atom stereocenters. The first-order valence-corrected chi connectivity index (χ1v) is 5.84. The number of hydrogen-bond acceptors (Lipinski definition) is 2. The van der Waals surface area contributed by atoms with Crippen molar-refractivity contribution in [3.63, 3.8) is 0 Å². The SMILES string of the molecule is O=C(Cc1ccccc1F)c1ccc(Br)cn1. The lowest BCUT2D eigenvalue weighted by Gasteiger charge is -2.02. The molecule has 0 saturated carbocycles. The molecule has 0 N–H and O–H groups in total. The average Bonchev–Trinajstić information content (AvgIpc) is 2.33. The lowest BCUT2D eigenvalue weighted by atomic mass is 10.1. The van der Waals surface area contributed by atoms with E-state index < -0.39 is 0 Å². The standard InChI is InChI=1S/C13H9BrFNO/c14-10-5-6-12(16-8-10)13(17)7-9-3-1-2-4-11(9)15/h1-6,8H,7H2. The highest BCUT2D eigenvalue weighted by Crippen LogP contribution is 2.12. The van der Waals surface area contributed by atoms with Crippen molar-refractivity contribution in [3.05, 3.63) is 64.1 Å². The fourth-order valence-corrected chi connectivity index (χ4v) is 1.68. The van der Waals surface area contributed by atoms with Crippen LogP contribution in [-0.4, -0.2) is 10.8 Å². The third-order valence-electron chi connectivity index (χ3n) is 2.32. The Balaban J connectivity index is 2.17. The van der Waals surface area contributed by atoms with Gasteiger partial charge in [0.05, 0.1) is 0 Å². The number of rotatable bonds is 3. The molecular formula is C13H9BrFNO. The Morgan fingerprint density at radius 1 is 1.24 bits per heavy atom. The van der Waals surface area contributed by atoms with Crippen molar-refractivity contribution < 1.29 is 9.18 Å². The van der Waals surface area contributed by atoms with Crippen molar-refractivity contribution in [1.82, 2.24) is 4.98 Å². The normalized spacial score (nSPS) is 10.2. The Kier molecular flexibility index (Phi) is 3.64. The van der Waals surface area contributed by atoms with Crippen LogP contribution in [0.5, 0.6) is 0 Å². The molecule has 17 heavy (non-hydrogen) atoms. The molecule has 0 aliphatic heterocycles. The molecule has 86 valence electrons. The first-order valence-electron chi connectivity index (χ1n) is 5.05. The molecule has 1 aromatic heterocycles. The second-order valence-corrected chi connectivity index (χ2v) is 4.47. The summed E-state index contributed by atoms with van der Waals surface area (Å²) in [5, 5.41) is 0. The van der Waals surface area contributed by atoms with Crippen molar-refractivity contribution in [2.45, 2.75) is 6.42 Å². The van der Waals surface area contributed by atoms with E-state index in [1.54, 1.807) is 36.5 Å². The number of benzene rings is 1. The Morgan fingerprint density at radius 3 is 2.65 bits per heavy atom. The van der Waals surface area contributed by atoms with Crippen molar-refractivity contribution in [1.29, 1.82) is 0 Å². The van der Waals surface area contributed by atoms with E-state index in [1.807, 2.05) is 0 Å². The van der Waals surface area contributed by atoms with E-state index in [-0.39, 0.29) is 18.0 Å². The van der Waals surface area contributed by atoms with E-state index in [4.69, 9.17) is 0 Å². The van der Waals surface area contributed by atoms with E-state index in [2.05, 4.69) is 20.9 Å². The quantitative estimate of drug-likeness (QED) is 0.812. The lowest BCUT2D eigenvalue weighted by Crippen LogP contribution is -2.06. The Morgan fingerprint density at radius 2 is 2.00 bits per heavy atom. The number of carbonyl (C=O) groups is 1. The van der Waals surface area contributed by atoms with E-state index in [9.17, 15) is 9.18 Å². The van der Waals surface area contributed by atoms with Gasteiger partial charge in [-0.05, 0) is 39.7 Å². The molecule has 1 heterocycles. The van der Waals surface area contributed by atoms with Gasteiger partial charge >= 0.3 is 0 Å². The maximum Gasteiger partial charge on any atom is 0.185 e. The monoisotopic (exact) mass is 293 g/mol. The minimum atomic E-state index is -0.363. The average molecular weight is 294 g/mol. The summed E-state index contributed by atoms with van der Waals surface area (Å²) >= 11 is 3.24. The molecule has 0 aliphatic rings. The van der Waals surface area contributed by atoms with Crippen LogP contribution in [-0.2, 0) is 6.42 Å². The summed E-state index contributed by atoms with van der Waals surface area (Å²) in [6.07, 6.45) is 1.58. The number of nitrogens with zero attached hydrogens (tertiary/aromatic N) is 1. The number of hydrogen-bond donors (Lipinski definition) is 0. The fraction of sp³-hybridized carbons (Fsp3) is 0.0769. The van der Waals surface area contributed by atoms with E-state index in [1.165, 1.54) is 6.07 Å². The number of halogens is 2. The van der Waals surface area contributed by atoms with Gasteiger partial charge in [0.1, 0.15) is 11.5 Å². The largest absolute Gasteiger partial charge is 0.292 e. The number of pyridine rings is 1. The Hall–Kier alpha value is -1.55. The van der Waals surface area contributed by atoms with E-state index in [0.717, 1.165) is 4.47 Å². The molecule has 1 aromatic carbocycles. The third-order valence-corrected chi connectivity index (χ3v) is 2.79. The highest BCUT2D eigenvalue weighted by Gasteiger charge is 2.10. The molecule has 2 aromatic rings. The van der Waals surface area contributed by atoms with Gasteiger partial charge in [0, 0.05) is 17.1 Å². The first-order chi connectivity index (χ1) is 8.16. The van der Waals surface area contributed by atoms with Crippen LogP contribution in [0.1, 0.15) is 16.1 Å². The summed E-state index contributed by atoms with van der Waals surface area (Å²) in [7, 11) is 0. The zero-order valence-corrected chi connectivity index (χ0v) is 10.4. The van der Waals surface area contributed by atoms with E-state index >= 15 is 0 Å². The highest BCUT2D eigenvalue weighted by atomic mass is 79.9. The molecule has 0 amide bonds. The van der Waals surface area contributed by atoms with Gasteiger partial charge in [-0.2, -0.15) is 0 Å². The number of Topliss-reactive ketones (excluding diaryl/α,β-unsaturated/α-hetero) is 1. The van der Waals surface area contributed by atoms with Gasteiger partial charge in [0.25, 0.3) is 0 Å². The van der Waals surface area contributed by atoms with E-state index in [0.29, 0.717) is 11.3 Å². The van der Waals surface area contributed by atoms with Gasteiger partial charge < -0.3 is 0 Å². The predicted octanol–water partition coefficient (Wildman–Crippen LogP) is 3.41. The van der Waals surface area contributed by atoms with Crippen LogP contribution in [0.2, 0.25) is 0 Å². The molecule has 0 bridgehead atoms. The van der Waals surface area contributed by atoms with Crippen LogP contribution >= 0.6 is 15.9 Å². The molecule has 2 nitrogen and oxygen atoms in total. The molecule has 2 rings (SSSR count). The molecule has 0 spiro atoms. The topological polar surface area (TPSA) is 30.0 Å². The Bertz CT molecular complexity index is 539. The van der Waals surface area contributed by atoms with Gasteiger partial charge in [-0.15, -0.1) is 0 Å². The van der Waals surface area contributed by atoms with Gasteiger partial charge in [-0.1, -0.05) is 18.2 Å². The van der Waals surface area contributed by atoms with Gasteiger partial charge in [0.15, 0.2) is 5.78 Å². The zero-order valence-electron chi connectivity index (χ0n) is 8.86. The fourth-order valence-electron chi connectivity index (χ4n) is 1.45. The molecule has 4 heteroatoms. The van der Waals surface area contributed by atoms with Crippen LogP contribution in [0, 0.1) is 5.82 Å². The van der Waals surface area contributed by atoms with Crippen LogP contribution < -0.4 is 0 Å². The van der Waals surface area contributed by atoms with Gasteiger partial charge in [-0.3, -0.25) is 9.78 Å². The number of aromatic nitrogens is 1. The van der Waals surface area contributed by atoms with Crippen molar-refractivity contribution >= 4 is 21.7 Å².